The van der Waals surface area contributed by atoms with Crippen LogP contribution in [0.5, 0.6) is 0 Å². The molecule has 0 spiro atoms. The van der Waals surface area contributed by atoms with Crippen LogP contribution in [0.4, 0.5) is 0 Å². The van der Waals surface area contributed by atoms with Gasteiger partial charge in [-0.1, -0.05) is 44.0 Å². The van der Waals surface area contributed by atoms with E-state index in [-0.39, 0.29) is 25.9 Å². The predicted octanol–water partition coefficient (Wildman–Crippen LogP) is 7.17. The summed E-state index contributed by atoms with van der Waals surface area (Å²) in [4.78, 5) is 15.9. The normalized spacial score (nSPS) is 18.0. The van der Waals surface area contributed by atoms with Crippen molar-refractivity contribution in [1.82, 2.24) is 4.98 Å². The maximum absolute atomic E-state index is 11.4. The van der Waals surface area contributed by atoms with Crippen LogP contribution in [0.15, 0.2) is 66.1 Å². The van der Waals surface area contributed by atoms with E-state index in [0.29, 0.717) is 24.0 Å². The second-order valence-electron chi connectivity index (χ2n) is 8.84. The summed E-state index contributed by atoms with van der Waals surface area (Å²) in [7, 11) is 0. The first-order valence-electron chi connectivity index (χ1n) is 11.4. The molecule has 1 aromatic heterocycles. The van der Waals surface area contributed by atoms with Gasteiger partial charge in [0.2, 0.25) is 0 Å². The van der Waals surface area contributed by atoms with Crippen molar-refractivity contribution in [2.24, 2.45) is 5.92 Å². The number of nitrogens with zero attached hydrogens (tertiary/aromatic N) is 1. The summed E-state index contributed by atoms with van der Waals surface area (Å²) in [5.74, 6) is 1.50. The van der Waals surface area contributed by atoms with E-state index in [1.165, 1.54) is 16.3 Å². The number of rotatable bonds is 2. The van der Waals surface area contributed by atoms with Gasteiger partial charge in [0.15, 0.2) is 5.78 Å². The molecule has 1 saturated carbocycles. The van der Waals surface area contributed by atoms with Crippen molar-refractivity contribution in [3.8, 4) is 11.3 Å². The van der Waals surface area contributed by atoms with E-state index in [9.17, 15) is 9.90 Å². The average Bonchev–Trinajstić information content (AvgIpc) is 2.79. The molecule has 0 amide bonds. The van der Waals surface area contributed by atoms with Gasteiger partial charge in [0.05, 0.1) is 5.76 Å². The SMILES string of the molecule is CC(C)c1c[c-]c(-c2nccc3ccccc23)cc1.O=C1CCCC2CCCC(O)=C12.[Ir]. The number of hydrogen-bond acceptors (Lipinski definition) is 3. The Hall–Kier alpha value is -2.29. The molecule has 2 aliphatic rings. The Morgan fingerprint density at radius 1 is 1.03 bits per heavy atom. The molecule has 3 aromatic rings. The van der Waals surface area contributed by atoms with Crippen LogP contribution in [0.2, 0.25) is 0 Å². The van der Waals surface area contributed by atoms with Gasteiger partial charge in [-0.05, 0) is 54.1 Å². The number of carbonyl (C=O) groups excluding carboxylic acids is 1. The molecular weight excluding hydrogens is 575 g/mol. The van der Waals surface area contributed by atoms with Crippen LogP contribution in [-0.2, 0) is 24.9 Å². The van der Waals surface area contributed by atoms with Crippen molar-refractivity contribution in [1.29, 1.82) is 0 Å². The largest absolute Gasteiger partial charge is 0.512 e. The zero-order valence-electron chi connectivity index (χ0n) is 18.7. The maximum Gasteiger partial charge on any atom is 0.162 e. The van der Waals surface area contributed by atoms with Crippen molar-refractivity contribution in [2.45, 2.75) is 58.3 Å². The molecule has 1 N–H and O–H groups in total. The number of Topliss-reactive ketones (excluding diaryl/α,β-unsaturated/α-hetero) is 1. The minimum absolute atomic E-state index is 0. The maximum atomic E-state index is 11.4. The molecule has 3 nitrogen and oxygen atoms in total. The Bertz CT molecular complexity index is 1100. The third-order valence-corrected chi connectivity index (χ3v) is 6.37. The van der Waals surface area contributed by atoms with Crippen molar-refractivity contribution < 1.29 is 30.0 Å². The quantitative estimate of drug-likeness (QED) is 0.316. The Labute approximate surface area is 204 Å². The summed E-state index contributed by atoms with van der Waals surface area (Å²) in [5.41, 5.74) is 4.14. The third-order valence-electron chi connectivity index (χ3n) is 6.37. The van der Waals surface area contributed by atoms with Gasteiger partial charge in [0, 0.05) is 44.7 Å². The number of allylic oxidation sites excluding steroid dienone is 2. The van der Waals surface area contributed by atoms with Gasteiger partial charge in [0.25, 0.3) is 0 Å². The second kappa shape index (κ2) is 11.0. The zero-order chi connectivity index (χ0) is 21.8. The molecule has 0 saturated heterocycles. The van der Waals surface area contributed by atoms with E-state index in [2.05, 4.69) is 67.4 Å². The fourth-order valence-electron chi connectivity index (χ4n) is 4.63. The topological polar surface area (TPSA) is 50.2 Å². The van der Waals surface area contributed by atoms with Gasteiger partial charge >= 0.3 is 0 Å². The number of pyridine rings is 1. The predicted molar refractivity (Wildman–Crippen MR) is 126 cm³/mol. The molecule has 5 rings (SSSR count). The number of aromatic nitrogens is 1. The molecule has 2 aromatic carbocycles. The molecule has 169 valence electrons. The summed E-state index contributed by atoms with van der Waals surface area (Å²) >= 11 is 0. The van der Waals surface area contributed by atoms with E-state index < -0.39 is 0 Å². The third kappa shape index (κ3) is 5.36. The molecule has 2 aliphatic carbocycles. The van der Waals surface area contributed by atoms with Gasteiger partial charge < -0.3 is 10.1 Å². The molecule has 1 fully saturated rings. The van der Waals surface area contributed by atoms with Gasteiger partial charge in [-0.2, -0.15) is 0 Å². The first kappa shape index (κ1) is 24.4. The average molecular weight is 605 g/mol. The number of ketones is 1. The van der Waals surface area contributed by atoms with Crippen LogP contribution in [0, 0.1) is 12.0 Å². The molecule has 0 bridgehead atoms. The number of hydrogen-bond donors (Lipinski definition) is 1. The smallest absolute Gasteiger partial charge is 0.162 e. The molecule has 1 heterocycles. The van der Waals surface area contributed by atoms with E-state index in [1.54, 1.807) is 0 Å². The summed E-state index contributed by atoms with van der Waals surface area (Å²) < 4.78 is 0. The molecule has 4 heteroatoms. The second-order valence-corrected chi connectivity index (χ2v) is 8.84. The Kier molecular flexibility index (Phi) is 8.39. The fraction of sp³-hybridized carbons (Fsp3) is 0.357. The Morgan fingerprint density at radius 2 is 1.78 bits per heavy atom. The van der Waals surface area contributed by atoms with Gasteiger partial charge in [-0.25, -0.2) is 0 Å². The monoisotopic (exact) mass is 605 g/mol. The first-order valence-corrected chi connectivity index (χ1v) is 11.4. The molecule has 32 heavy (non-hydrogen) atoms. The van der Waals surface area contributed by atoms with Crippen molar-refractivity contribution in [3.05, 3.63) is 77.7 Å². The zero-order valence-corrected chi connectivity index (χ0v) is 21.1. The van der Waals surface area contributed by atoms with Crippen LogP contribution in [0.3, 0.4) is 0 Å². The van der Waals surface area contributed by atoms with Crippen LogP contribution in [0.25, 0.3) is 22.0 Å². The Balaban J connectivity index is 0.000000193. The molecule has 1 radical (unpaired) electrons. The molecular formula is C28H30IrNO2-. The van der Waals surface area contributed by atoms with E-state index in [4.69, 9.17) is 0 Å². The minimum atomic E-state index is 0. The van der Waals surface area contributed by atoms with E-state index >= 15 is 0 Å². The number of fused-ring (bicyclic) bond motifs is 2. The van der Waals surface area contributed by atoms with Crippen molar-refractivity contribution >= 4 is 16.6 Å². The van der Waals surface area contributed by atoms with Crippen molar-refractivity contribution in [2.75, 3.05) is 0 Å². The van der Waals surface area contributed by atoms with Crippen LogP contribution >= 0.6 is 0 Å². The van der Waals surface area contributed by atoms with Crippen molar-refractivity contribution in [3.63, 3.8) is 0 Å². The van der Waals surface area contributed by atoms with Gasteiger partial charge in [0.1, 0.15) is 0 Å². The molecule has 0 aliphatic heterocycles. The minimum Gasteiger partial charge on any atom is -0.512 e. The van der Waals surface area contributed by atoms with Gasteiger partial charge in [-0.15, -0.1) is 35.4 Å². The number of carbonyl (C=O) groups is 1. The number of aliphatic hydroxyl groups excluding tert-OH is 1. The summed E-state index contributed by atoms with van der Waals surface area (Å²) in [5, 5.41) is 11.9. The van der Waals surface area contributed by atoms with Crippen LogP contribution in [-0.4, -0.2) is 15.9 Å². The standard InChI is InChI=1S/C18H16N.C10H14O2.Ir/c1-13(2)14-7-9-16(10-8-14)18-17-6-4-3-5-15(17)11-12-19-18;11-8-5-1-3-7-4-2-6-9(12)10(7)8;/h3-9,11-13H,1-2H3;7,11H,1-6H2;/q-1;;. The molecule has 1 atom stereocenters. The van der Waals surface area contributed by atoms with Gasteiger partial charge in [-0.3, -0.25) is 4.79 Å². The first-order chi connectivity index (χ1) is 15.0. The number of aliphatic hydroxyl groups is 1. The van der Waals surface area contributed by atoms with Crippen LogP contribution in [0.1, 0.15) is 63.9 Å². The molecule has 1 unspecified atom stereocenters. The summed E-state index contributed by atoms with van der Waals surface area (Å²) in [6.07, 6.45) is 7.50. The summed E-state index contributed by atoms with van der Waals surface area (Å²) in [6.45, 7) is 4.39. The van der Waals surface area contributed by atoms with Crippen LogP contribution < -0.4 is 0 Å². The Morgan fingerprint density at radius 3 is 2.47 bits per heavy atom. The van der Waals surface area contributed by atoms with E-state index in [1.807, 2.05) is 12.3 Å². The fourth-order valence-corrected chi connectivity index (χ4v) is 4.63. The summed E-state index contributed by atoms with van der Waals surface area (Å²) in [6, 6.07) is 20.1. The van der Waals surface area contributed by atoms with E-state index in [0.717, 1.165) is 48.9 Å². The number of benzene rings is 2.